The highest BCUT2D eigenvalue weighted by atomic mass is 16.2. The van der Waals surface area contributed by atoms with Crippen LogP contribution in [-0.4, -0.2) is 33.0 Å². The summed E-state index contributed by atoms with van der Waals surface area (Å²) in [6, 6.07) is 5.19. The number of nitrogens with two attached hydrogens (primary N) is 1. The Kier molecular flexibility index (Phi) is 5.85. The van der Waals surface area contributed by atoms with Crippen LogP contribution in [0.3, 0.4) is 0 Å². The predicted octanol–water partition coefficient (Wildman–Crippen LogP) is 1.17. The number of aromatic nitrogens is 3. The molecule has 0 bridgehead atoms. The van der Waals surface area contributed by atoms with Gasteiger partial charge < -0.3 is 11.1 Å². The van der Waals surface area contributed by atoms with E-state index in [0.29, 0.717) is 6.42 Å². The van der Waals surface area contributed by atoms with E-state index >= 15 is 0 Å². The first-order chi connectivity index (χ1) is 11.1. The van der Waals surface area contributed by atoms with Gasteiger partial charge >= 0.3 is 0 Å². The third-order valence-corrected chi connectivity index (χ3v) is 3.49. The number of pyridine rings is 1. The lowest BCUT2D eigenvalue weighted by atomic mass is 10.1. The molecule has 0 saturated carbocycles. The second kappa shape index (κ2) is 8.07. The van der Waals surface area contributed by atoms with Crippen molar-refractivity contribution in [3.05, 3.63) is 36.3 Å². The Labute approximate surface area is 134 Å². The first kappa shape index (κ1) is 16.7. The standard InChI is InChI=1S/C16H21N5O2/c1-11(16(17)23)19-15(22)7-3-2-6-13-9-14(21-20-13)12-5-4-8-18-10-12/h4-5,8-11H,2-3,6-7H2,1H3,(H2,17,23)(H,19,22)(H,20,21). The van der Waals surface area contributed by atoms with E-state index < -0.39 is 11.9 Å². The van der Waals surface area contributed by atoms with Crippen molar-refractivity contribution in [3.63, 3.8) is 0 Å². The zero-order valence-corrected chi connectivity index (χ0v) is 13.1. The number of rotatable bonds is 8. The third-order valence-electron chi connectivity index (χ3n) is 3.49. The highest BCUT2D eigenvalue weighted by Crippen LogP contribution is 2.17. The van der Waals surface area contributed by atoms with Crippen molar-refractivity contribution in [2.75, 3.05) is 0 Å². The van der Waals surface area contributed by atoms with Gasteiger partial charge in [0.05, 0.1) is 5.69 Å². The number of hydrogen-bond acceptors (Lipinski definition) is 4. The van der Waals surface area contributed by atoms with Crippen LogP contribution in [-0.2, 0) is 16.0 Å². The van der Waals surface area contributed by atoms with Crippen LogP contribution in [0, 0.1) is 0 Å². The number of carbonyl (C=O) groups is 2. The van der Waals surface area contributed by atoms with Gasteiger partial charge in [0.25, 0.3) is 0 Å². The van der Waals surface area contributed by atoms with Crippen molar-refractivity contribution in [2.24, 2.45) is 5.73 Å². The van der Waals surface area contributed by atoms with Gasteiger partial charge in [0.1, 0.15) is 6.04 Å². The maximum atomic E-state index is 11.6. The van der Waals surface area contributed by atoms with Gasteiger partial charge in [-0.25, -0.2) is 0 Å². The molecule has 0 fully saturated rings. The fraction of sp³-hybridized carbons (Fsp3) is 0.375. The van der Waals surface area contributed by atoms with Crippen LogP contribution in [0.2, 0.25) is 0 Å². The maximum absolute atomic E-state index is 11.6. The Hall–Kier alpha value is -2.70. The van der Waals surface area contributed by atoms with E-state index in [2.05, 4.69) is 20.5 Å². The summed E-state index contributed by atoms with van der Waals surface area (Å²) in [6.45, 7) is 1.57. The molecule has 7 nitrogen and oxygen atoms in total. The van der Waals surface area contributed by atoms with Gasteiger partial charge in [-0.05, 0) is 44.4 Å². The molecule has 0 radical (unpaired) electrons. The second-order valence-electron chi connectivity index (χ2n) is 5.42. The molecule has 0 aliphatic carbocycles. The number of primary amides is 1. The Morgan fingerprint density at radius 1 is 1.39 bits per heavy atom. The monoisotopic (exact) mass is 315 g/mol. The Balaban J connectivity index is 1.72. The Morgan fingerprint density at radius 2 is 2.22 bits per heavy atom. The number of hydrogen-bond donors (Lipinski definition) is 3. The number of aromatic amines is 1. The summed E-state index contributed by atoms with van der Waals surface area (Å²) < 4.78 is 0. The molecule has 1 unspecified atom stereocenters. The lowest BCUT2D eigenvalue weighted by Gasteiger charge is -2.09. The van der Waals surface area contributed by atoms with Gasteiger partial charge in [-0.3, -0.25) is 19.7 Å². The van der Waals surface area contributed by atoms with E-state index in [1.54, 1.807) is 19.3 Å². The molecule has 2 rings (SSSR count). The first-order valence-electron chi connectivity index (χ1n) is 7.59. The highest BCUT2D eigenvalue weighted by Gasteiger charge is 2.11. The maximum Gasteiger partial charge on any atom is 0.239 e. The quantitative estimate of drug-likeness (QED) is 0.634. The molecule has 2 aromatic heterocycles. The largest absolute Gasteiger partial charge is 0.368 e. The summed E-state index contributed by atoms with van der Waals surface area (Å²) in [5, 5.41) is 9.83. The smallest absolute Gasteiger partial charge is 0.239 e. The van der Waals surface area contributed by atoms with Crippen LogP contribution in [0.4, 0.5) is 0 Å². The van der Waals surface area contributed by atoms with Crippen LogP contribution in [0.25, 0.3) is 11.3 Å². The van der Waals surface area contributed by atoms with Crippen LogP contribution < -0.4 is 11.1 Å². The van der Waals surface area contributed by atoms with Gasteiger partial charge in [-0.15, -0.1) is 0 Å². The number of amides is 2. The Bertz CT molecular complexity index is 654. The van der Waals surface area contributed by atoms with E-state index in [-0.39, 0.29) is 5.91 Å². The van der Waals surface area contributed by atoms with E-state index in [0.717, 1.165) is 36.2 Å². The van der Waals surface area contributed by atoms with Crippen molar-refractivity contribution < 1.29 is 9.59 Å². The van der Waals surface area contributed by atoms with Crippen LogP contribution in [0.1, 0.15) is 31.9 Å². The van der Waals surface area contributed by atoms with Crippen molar-refractivity contribution >= 4 is 11.8 Å². The molecule has 0 spiro atoms. The number of unbranched alkanes of at least 4 members (excludes halogenated alkanes) is 1. The molecule has 0 aromatic carbocycles. The molecule has 122 valence electrons. The summed E-state index contributed by atoms with van der Waals surface area (Å²) in [5.41, 5.74) is 7.95. The molecule has 2 heterocycles. The minimum atomic E-state index is -0.628. The molecule has 2 amide bonds. The number of nitrogens with one attached hydrogen (secondary N) is 2. The predicted molar refractivity (Wildman–Crippen MR) is 86.2 cm³/mol. The van der Waals surface area contributed by atoms with E-state index in [4.69, 9.17) is 5.73 Å². The van der Waals surface area contributed by atoms with Crippen molar-refractivity contribution in [3.8, 4) is 11.3 Å². The molecule has 1 atom stereocenters. The topological polar surface area (TPSA) is 114 Å². The molecule has 0 saturated heterocycles. The summed E-state index contributed by atoms with van der Waals surface area (Å²) in [7, 11) is 0. The first-order valence-corrected chi connectivity index (χ1v) is 7.59. The number of nitrogens with zero attached hydrogens (tertiary/aromatic N) is 2. The van der Waals surface area contributed by atoms with Gasteiger partial charge in [-0.2, -0.15) is 5.10 Å². The Morgan fingerprint density at radius 3 is 2.91 bits per heavy atom. The number of H-pyrrole nitrogens is 1. The normalized spacial score (nSPS) is 11.9. The minimum Gasteiger partial charge on any atom is -0.368 e. The molecule has 2 aromatic rings. The fourth-order valence-electron chi connectivity index (χ4n) is 2.14. The van der Waals surface area contributed by atoms with Gasteiger partial charge in [0.15, 0.2) is 0 Å². The summed E-state index contributed by atoms with van der Waals surface area (Å²) >= 11 is 0. The fourth-order valence-corrected chi connectivity index (χ4v) is 2.14. The van der Waals surface area contributed by atoms with E-state index in [1.807, 2.05) is 18.2 Å². The van der Waals surface area contributed by atoms with E-state index in [1.165, 1.54) is 0 Å². The van der Waals surface area contributed by atoms with E-state index in [9.17, 15) is 9.59 Å². The van der Waals surface area contributed by atoms with Crippen LogP contribution in [0.15, 0.2) is 30.6 Å². The van der Waals surface area contributed by atoms with Crippen LogP contribution in [0.5, 0.6) is 0 Å². The van der Waals surface area contributed by atoms with Gasteiger partial charge in [-0.1, -0.05) is 0 Å². The number of carbonyl (C=O) groups excluding carboxylic acids is 2. The SMILES string of the molecule is CC(NC(=O)CCCCc1cc(-c2cccnc2)n[nH]1)C(N)=O. The summed E-state index contributed by atoms with van der Waals surface area (Å²) in [5.74, 6) is -0.685. The summed E-state index contributed by atoms with van der Waals surface area (Å²) in [4.78, 5) is 26.5. The van der Waals surface area contributed by atoms with Gasteiger partial charge in [0.2, 0.25) is 11.8 Å². The molecular formula is C16H21N5O2. The zero-order chi connectivity index (χ0) is 16.7. The van der Waals surface area contributed by atoms with Crippen LogP contribution >= 0.6 is 0 Å². The molecule has 7 heteroatoms. The highest BCUT2D eigenvalue weighted by molar-refractivity contribution is 5.86. The van der Waals surface area contributed by atoms with Crippen molar-refractivity contribution in [2.45, 2.75) is 38.6 Å². The molecule has 23 heavy (non-hydrogen) atoms. The third kappa shape index (κ3) is 5.21. The average molecular weight is 315 g/mol. The molecule has 4 N–H and O–H groups in total. The summed E-state index contributed by atoms with van der Waals surface area (Å²) in [6.07, 6.45) is 6.27. The van der Waals surface area contributed by atoms with Gasteiger partial charge in [0, 0.05) is 30.1 Å². The van der Waals surface area contributed by atoms with Crippen molar-refractivity contribution in [1.82, 2.24) is 20.5 Å². The molecular weight excluding hydrogens is 294 g/mol. The second-order valence-corrected chi connectivity index (χ2v) is 5.42. The number of aryl methyl sites for hydroxylation is 1. The van der Waals surface area contributed by atoms with Crippen molar-refractivity contribution in [1.29, 1.82) is 0 Å². The minimum absolute atomic E-state index is 0.156. The zero-order valence-electron chi connectivity index (χ0n) is 13.1. The lowest BCUT2D eigenvalue weighted by molar-refractivity contribution is -0.127. The lowest BCUT2D eigenvalue weighted by Crippen LogP contribution is -2.42. The average Bonchev–Trinajstić information content (AvgIpc) is 3.01. The molecule has 0 aliphatic rings. The molecule has 0 aliphatic heterocycles.